The molecule has 24 heavy (non-hydrogen) atoms. The molecule has 0 heterocycles. The first-order chi connectivity index (χ1) is 11.2. The molecule has 0 spiro atoms. The molecule has 0 aromatic heterocycles. The summed E-state index contributed by atoms with van der Waals surface area (Å²) < 4.78 is 5.34. The van der Waals surface area contributed by atoms with Gasteiger partial charge in [-0.3, -0.25) is 0 Å². The van der Waals surface area contributed by atoms with Crippen LogP contribution < -0.4 is 0 Å². The van der Waals surface area contributed by atoms with E-state index in [0.29, 0.717) is 12.0 Å². The fraction of sp³-hybridized carbons (Fsp3) is 0.478. The molecule has 1 rings (SSSR count). The molecule has 0 fully saturated rings. The van der Waals surface area contributed by atoms with Crippen molar-refractivity contribution < 1.29 is 4.74 Å². The summed E-state index contributed by atoms with van der Waals surface area (Å²) in [5.74, 6) is 0.749. The molecule has 1 aliphatic carbocycles. The van der Waals surface area contributed by atoms with Crippen LogP contribution in [0.3, 0.4) is 0 Å². The number of allylic oxidation sites excluding steroid dienone is 10. The second kappa shape index (κ2) is 9.52. The van der Waals surface area contributed by atoms with Crippen LogP contribution >= 0.6 is 0 Å². The van der Waals surface area contributed by atoms with Gasteiger partial charge in [0.15, 0.2) is 0 Å². The van der Waals surface area contributed by atoms with Gasteiger partial charge in [0.05, 0.1) is 5.76 Å². The number of hydrogen-bond acceptors (Lipinski definition) is 1. The van der Waals surface area contributed by atoms with Crippen LogP contribution in [0, 0.1) is 5.41 Å². The lowest BCUT2D eigenvalue weighted by Crippen LogP contribution is -2.19. The Morgan fingerprint density at radius 3 is 2.50 bits per heavy atom. The van der Waals surface area contributed by atoms with Gasteiger partial charge in [-0.1, -0.05) is 67.5 Å². The Hall–Kier alpha value is -1.76. The Bertz CT molecular complexity index is 592. The summed E-state index contributed by atoms with van der Waals surface area (Å²) in [5, 5.41) is 0. The number of ether oxygens (including phenoxy) is 1. The maximum Gasteiger partial charge on any atom is 0.106 e. The topological polar surface area (TPSA) is 9.23 Å². The third kappa shape index (κ3) is 7.21. The minimum absolute atomic E-state index is 0.303. The maximum absolute atomic E-state index is 5.34. The fourth-order valence-corrected chi connectivity index (χ4v) is 3.02. The van der Waals surface area contributed by atoms with Gasteiger partial charge in [-0.25, -0.2) is 0 Å². The normalized spacial score (nSPS) is 19.4. The second-order valence-corrected chi connectivity index (χ2v) is 7.50. The summed E-state index contributed by atoms with van der Waals surface area (Å²) in [4.78, 5) is 0. The zero-order valence-corrected chi connectivity index (χ0v) is 16.4. The van der Waals surface area contributed by atoms with E-state index in [4.69, 9.17) is 4.74 Å². The first-order valence-electron chi connectivity index (χ1n) is 8.91. The van der Waals surface area contributed by atoms with E-state index >= 15 is 0 Å². The lowest BCUT2D eigenvalue weighted by Gasteiger charge is -2.32. The molecule has 0 saturated heterocycles. The van der Waals surface area contributed by atoms with Crippen molar-refractivity contribution in [1.29, 1.82) is 0 Å². The van der Waals surface area contributed by atoms with Gasteiger partial charge in [0.1, 0.15) is 6.61 Å². The highest BCUT2D eigenvalue weighted by molar-refractivity contribution is 5.37. The summed E-state index contributed by atoms with van der Waals surface area (Å²) in [5.41, 5.74) is 5.81. The van der Waals surface area contributed by atoms with Crippen LogP contribution in [-0.4, -0.2) is 6.61 Å². The predicted molar refractivity (Wildman–Crippen MR) is 107 cm³/mol. The van der Waals surface area contributed by atoms with Crippen LogP contribution in [0.4, 0.5) is 0 Å². The molecule has 0 N–H and O–H groups in total. The van der Waals surface area contributed by atoms with Crippen molar-refractivity contribution in [3.05, 3.63) is 71.1 Å². The van der Waals surface area contributed by atoms with E-state index in [-0.39, 0.29) is 0 Å². The van der Waals surface area contributed by atoms with Gasteiger partial charge in [-0.15, -0.1) is 0 Å². The minimum Gasteiger partial charge on any atom is -0.495 e. The summed E-state index contributed by atoms with van der Waals surface area (Å²) in [6, 6.07) is 0. The monoisotopic (exact) mass is 326 g/mol. The molecule has 132 valence electrons. The molecule has 0 amide bonds. The standard InChI is InChI=1S/C23H34O/c1-18(2)24-17-15-20(4)11-8-10-19(3)13-14-22-21(5)12-9-16-23(22,6)7/h8,10-11,13-15H,1,9,12,16-17H2,2-7H3/b11-8+,14-13+,19-10+,20-15+. The third-order valence-electron chi connectivity index (χ3n) is 4.51. The summed E-state index contributed by atoms with van der Waals surface area (Å²) in [6.45, 7) is 17.4. The highest BCUT2D eigenvalue weighted by Gasteiger charge is 2.26. The van der Waals surface area contributed by atoms with Crippen molar-refractivity contribution in [1.82, 2.24) is 0 Å². The van der Waals surface area contributed by atoms with Crippen LogP contribution in [0.15, 0.2) is 71.1 Å². The van der Waals surface area contributed by atoms with Gasteiger partial charge >= 0.3 is 0 Å². The van der Waals surface area contributed by atoms with Crippen LogP contribution in [0.5, 0.6) is 0 Å². The van der Waals surface area contributed by atoms with E-state index in [1.54, 1.807) is 5.57 Å². The minimum atomic E-state index is 0.303. The molecule has 0 aliphatic heterocycles. The van der Waals surface area contributed by atoms with E-state index in [1.165, 1.54) is 36.0 Å². The maximum atomic E-state index is 5.34. The summed E-state index contributed by atoms with van der Waals surface area (Å²) >= 11 is 0. The quantitative estimate of drug-likeness (QED) is 0.359. The molecule has 1 heteroatoms. The predicted octanol–water partition coefficient (Wildman–Crippen LogP) is 7.07. The molecule has 0 unspecified atom stereocenters. The van der Waals surface area contributed by atoms with E-state index in [1.807, 2.05) is 6.92 Å². The highest BCUT2D eigenvalue weighted by Crippen LogP contribution is 2.40. The summed E-state index contributed by atoms with van der Waals surface area (Å²) in [7, 11) is 0. The zero-order valence-electron chi connectivity index (χ0n) is 16.4. The van der Waals surface area contributed by atoms with Crippen LogP contribution in [0.25, 0.3) is 0 Å². The van der Waals surface area contributed by atoms with Gasteiger partial charge in [0.25, 0.3) is 0 Å². The van der Waals surface area contributed by atoms with E-state index in [9.17, 15) is 0 Å². The first kappa shape index (κ1) is 20.3. The molecule has 1 nitrogen and oxygen atoms in total. The zero-order chi connectivity index (χ0) is 18.2. The van der Waals surface area contributed by atoms with Crippen molar-refractivity contribution in [2.45, 2.75) is 60.8 Å². The average Bonchev–Trinajstić information content (AvgIpc) is 2.45. The van der Waals surface area contributed by atoms with Gasteiger partial charge in [-0.05, 0) is 64.0 Å². The Kier molecular flexibility index (Phi) is 8.04. The Morgan fingerprint density at radius 2 is 1.88 bits per heavy atom. The van der Waals surface area contributed by atoms with E-state index in [2.05, 4.69) is 77.7 Å². The molecule has 0 atom stereocenters. The van der Waals surface area contributed by atoms with Crippen molar-refractivity contribution >= 4 is 0 Å². The average molecular weight is 327 g/mol. The Balaban J connectivity index is 2.67. The highest BCUT2D eigenvalue weighted by atomic mass is 16.5. The lowest BCUT2D eigenvalue weighted by molar-refractivity contribution is 0.251. The summed E-state index contributed by atoms with van der Waals surface area (Å²) in [6.07, 6.45) is 16.8. The third-order valence-corrected chi connectivity index (χ3v) is 4.51. The van der Waals surface area contributed by atoms with Crippen molar-refractivity contribution in [2.24, 2.45) is 5.41 Å². The van der Waals surface area contributed by atoms with Crippen molar-refractivity contribution in [2.75, 3.05) is 6.61 Å². The Labute approximate surface area is 149 Å². The largest absolute Gasteiger partial charge is 0.495 e. The molecular weight excluding hydrogens is 292 g/mol. The van der Waals surface area contributed by atoms with Crippen LogP contribution in [0.2, 0.25) is 0 Å². The molecule has 0 radical (unpaired) electrons. The van der Waals surface area contributed by atoms with Gasteiger partial charge in [0.2, 0.25) is 0 Å². The fourth-order valence-electron chi connectivity index (χ4n) is 3.02. The van der Waals surface area contributed by atoms with Crippen LogP contribution in [-0.2, 0) is 4.74 Å². The van der Waals surface area contributed by atoms with E-state index < -0.39 is 0 Å². The SMILES string of the molecule is C=C(C)OC/C=C(C)/C=C/C=C(C)/C=C/C1=C(C)CCCC1(C)C. The lowest BCUT2D eigenvalue weighted by atomic mass is 9.72. The molecule has 0 aromatic rings. The van der Waals surface area contributed by atoms with E-state index in [0.717, 1.165) is 5.76 Å². The van der Waals surface area contributed by atoms with Crippen molar-refractivity contribution in [3.8, 4) is 0 Å². The molecule has 0 bridgehead atoms. The van der Waals surface area contributed by atoms with Gasteiger partial charge < -0.3 is 4.74 Å². The van der Waals surface area contributed by atoms with Crippen LogP contribution in [0.1, 0.15) is 60.8 Å². The number of rotatable bonds is 7. The Morgan fingerprint density at radius 1 is 1.17 bits per heavy atom. The molecule has 0 aromatic carbocycles. The molecular formula is C23H34O. The van der Waals surface area contributed by atoms with Gasteiger partial charge in [-0.2, -0.15) is 0 Å². The van der Waals surface area contributed by atoms with Crippen molar-refractivity contribution in [3.63, 3.8) is 0 Å². The van der Waals surface area contributed by atoms with Gasteiger partial charge in [0, 0.05) is 0 Å². The smallest absolute Gasteiger partial charge is 0.106 e. The molecule has 1 aliphatic rings. The first-order valence-corrected chi connectivity index (χ1v) is 8.91. The number of hydrogen-bond donors (Lipinski definition) is 0. The molecule has 0 saturated carbocycles. The second-order valence-electron chi connectivity index (χ2n) is 7.50.